The van der Waals surface area contributed by atoms with E-state index < -0.39 is 0 Å². The predicted molar refractivity (Wildman–Crippen MR) is 134 cm³/mol. The normalized spacial score (nSPS) is 17.9. The van der Waals surface area contributed by atoms with Gasteiger partial charge in [0.15, 0.2) is 0 Å². The van der Waals surface area contributed by atoms with Crippen molar-refractivity contribution in [1.82, 2.24) is 14.7 Å². The van der Waals surface area contributed by atoms with Crippen LogP contribution in [0.15, 0.2) is 82.0 Å². The lowest BCUT2D eigenvalue weighted by molar-refractivity contribution is 0.176. The third-order valence-corrected chi connectivity index (χ3v) is 6.93. The molecule has 0 fully saturated rings. The van der Waals surface area contributed by atoms with Crippen molar-refractivity contribution in [2.75, 3.05) is 0 Å². The SMILES string of the molecule is Cc1nn(-c2ccc(C(C)C)cc2)c(C)c1[C@@H]1C=C[C@@H](N(Cc2ccco2)Cc2ccco2)C1. The van der Waals surface area contributed by atoms with E-state index in [1.165, 1.54) is 16.8 Å². The fraction of sp³-hybridized carbons (Fsp3) is 0.345. The Morgan fingerprint density at radius 1 is 0.941 bits per heavy atom. The highest BCUT2D eigenvalue weighted by atomic mass is 16.3. The molecule has 5 rings (SSSR count). The highest BCUT2D eigenvalue weighted by Crippen LogP contribution is 2.36. The summed E-state index contributed by atoms with van der Waals surface area (Å²) in [5.41, 5.74) is 6.12. The lowest BCUT2D eigenvalue weighted by Crippen LogP contribution is -2.32. The average molecular weight is 456 g/mol. The molecule has 5 heteroatoms. The van der Waals surface area contributed by atoms with E-state index >= 15 is 0 Å². The summed E-state index contributed by atoms with van der Waals surface area (Å²) in [4.78, 5) is 2.42. The van der Waals surface area contributed by atoms with Crippen LogP contribution in [-0.2, 0) is 13.1 Å². The molecule has 0 radical (unpaired) electrons. The second kappa shape index (κ2) is 9.51. The summed E-state index contributed by atoms with van der Waals surface area (Å²) < 4.78 is 13.4. The van der Waals surface area contributed by atoms with Crippen molar-refractivity contribution in [1.29, 1.82) is 0 Å². The van der Waals surface area contributed by atoms with Gasteiger partial charge in [0.1, 0.15) is 11.5 Å². The Hall–Kier alpha value is -3.31. The van der Waals surface area contributed by atoms with E-state index in [1.807, 2.05) is 24.3 Å². The fourth-order valence-electron chi connectivity index (χ4n) is 5.10. The molecule has 1 aliphatic carbocycles. The van der Waals surface area contributed by atoms with Crippen molar-refractivity contribution in [2.45, 2.75) is 65.1 Å². The van der Waals surface area contributed by atoms with Crippen molar-refractivity contribution in [2.24, 2.45) is 0 Å². The maximum Gasteiger partial charge on any atom is 0.117 e. The lowest BCUT2D eigenvalue weighted by atomic mass is 9.95. The van der Waals surface area contributed by atoms with Crippen LogP contribution < -0.4 is 0 Å². The van der Waals surface area contributed by atoms with E-state index in [0.29, 0.717) is 17.9 Å². The summed E-state index contributed by atoms with van der Waals surface area (Å²) in [5, 5.41) is 4.93. The number of allylic oxidation sites excluding steroid dienone is 1. The highest BCUT2D eigenvalue weighted by Gasteiger charge is 2.30. The van der Waals surface area contributed by atoms with Gasteiger partial charge in [0.25, 0.3) is 0 Å². The lowest BCUT2D eigenvalue weighted by Gasteiger charge is -2.27. The van der Waals surface area contributed by atoms with Gasteiger partial charge in [0, 0.05) is 23.2 Å². The molecule has 4 aromatic rings. The molecule has 1 aromatic carbocycles. The minimum absolute atomic E-state index is 0.299. The van der Waals surface area contributed by atoms with Crippen molar-refractivity contribution in [3.8, 4) is 5.69 Å². The number of aryl methyl sites for hydroxylation is 1. The summed E-state index contributed by atoms with van der Waals surface area (Å²) in [6.07, 6.45) is 9.18. The number of benzene rings is 1. The van der Waals surface area contributed by atoms with Crippen LogP contribution in [0.25, 0.3) is 5.69 Å². The Morgan fingerprint density at radius 3 is 2.15 bits per heavy atom. The predicted octanol–water partition coefficient (Wildman–Crippen LogP) is 6.91. The second-order valence-corrected chi connectivity index (χ2v) is 9.60. The van der Waals surface area contributed by atoms with Crippen LogP contribution in [0.2, 0.25) is 0 Å². The van der Waals surface area contributed by atoms with E-state index in [-0.39, 0.29) is 0 Å². The second-order valence-electron chi connectivity index (χ2n) is 9.60. The van der Waals surface area contributed by atoms with Gasteiger partial charge in [-0.15, -0.1) is 0 Å². The van der Waals surface area contributed by atoms with E-state index in [1.54, 1.807) is 12.5 Å². The van der Waals surface area contributed by atoms with Crippen LogP contribution in [0, 0.1) is 13.8 Å². The van der Waals surface area contributed by atoms with Crippen LogP contribution in [-0.4, -0.2) is 20.7 Å². The van der Waals surface area contributed by atoms with Crippen LogP contribution in [0.4, 0.5) is 0 Å². The zero-order chi connectivity index (χ0) is 23.7. The molecule has 0 N–H and O–H groups in total. The number of hydrogen-bond acceptors (Lipinski definition) is 4. The maximum atomic E-state index is 5.66. The third-order valence-electron chi connectivity index (χ3n) is 6.93. The summed E-state index contributed by atoms with van der Waals surface area (Å²) in [7, 11) is 0. The first-order chi connectivity index (χ1) is 16.5. The Balaban J connectivity index is 1.37. The summed E-state index contributed by atoms with van der Waals surface area (Å²) in [6.45, 7) is 10.3. The number of hydrogen-bond donors (Lipinski definition) is 0. The molecule has 2 atom stereocenters. The van der Waals surface area contributed by atoms with Crippen LogP contribution in [0.3, 0.4) is 0 Å². The third kappa shape index (κ3) is 4.53. The molecule has 34 heavy (non-hydrogen) atoms. The largest absolute Gasteiger partial charge is 0.468 e. The Kier molecular flexibility index (Phi) is 6.29. The zero-order valence-electron chi connectivity index (χ0n) is 20.4. The summed E-state index contributed by atoms with van der Waals surface area (Å²) in [5.74, 6) is 2.79. The summed E-state index contributed by atoms with van der Waals surface area (Å²) in [6, 6.07) is 17.0. The number of nitrogens with zero attached hydrogens (tertiary/aromatic N) is 3. The topological polar surface area (TPSA) is 47.3 Å². The van der Waals surface area contributed by atoms with Crippen molar-refractivity contribution >= 4 is 0 Å². The first-order valence-corrected chi connectivity index (χ1v) is 12.1. The molecule has 0 amide bonds. The smallest absolute Gasteiger partial charge is 0.117 e. The molecule has 3 aromatic heterocycles. The molecule has 0 saturated heterocycles. The van der Waals surface area contributed by atoms with Gasteiger partial charge in [0.2, 0.25) is 0 Å². The number of rotatable bonds is 8. The van der Waals surface area contributed by atoms with E-state index in [2.05, 4.69) is 73.7 Å². The van der Waals surface area contributed by atoms with Gasteiger partial charge < -0.3 is 8.83 Å². The average Bonchev–Trinajstić information content (AvgIpc) is 3.62. The maximum absolute atomic E-state index is 5.66. The Bertz CT molecular complexity index is 1200. The van der Waals surface area contributed by atoms with Gasteiger partial charge in [0.05, 0.1) is 37.0 Å². The number of furan rings is 2. The molecule has 0 unspecified atom stereocenters. The van der Waals surface area contributed by atoms with Gasteiger partial charge in [-0.25, -0.2) is 4.68 Å². The van der Waals surface area contributed by atoms with Gasteiger partial charge in [-0.3, -0.25) is 4.90 Å². The molecule has 0 saturated carbocycles. The van der Waals surface area contributed by atoms with Crippen molar-refractivity contribution in [3.05, 3.63) is 107 Å². The molecule has 5 nitrogen and oxygen atoms in total. The molecule has 176 valence electrons. The minimum Gasteiger partial charge on any atom is -0.468 e. The molecule has 0 spiro atoms. The van der Waals surface area contributed by atoms with Crippen LogP contribution >= 0.6 is 0 Å². The van der Waals surface area contributed by atoms with E-state index in [9.17, 15) is 0 Å². The molecule has 1 aliphatic rings. The fourth-order valence-corrected chi connectivity index (χ4v) is 5.10. The van der Waals surface area contributed by atoms with Gasteiger partial charge >= 0.3 is 0 Å². The summed E-state index contributed by atoms with van der Waals surface area (Å²) >= 11 is 0. The van der Waals surface area contributed by atoms with Crippen molar-refractivity contribution in [3.63, 3.8) is 0 Å². The van der Waals surface area contributed by atoms with E-state index in [0.717, 1.165) is 42.4 Å². The monoisotopic (exact) mass is 455 g/mol. The number of aromatic nitrogens is 2. The Morgan fingerprint density at radius 2 is 1.59 bits per heavy atom. The van der Waals surface area contributed by atoms with Gasteiger partial charge in [-0.05, 0) is 68.1 Å². The molecule has 3 heterocycles. The quantitative estimate of drug-likeness (QED) is 0.271. The molecular formula is C29H33N3O2. The van der Waals surface area contributed by atoms with E-state index in [4.69, 9.17) is 13.9 Å². The van der Waals surface area contributed by atoms with Crippen LogP contribution in [0.5, 0.6) is 0 Å². The standard InChI is InChI=1S/C29H33N3O2/c1-20(2)23-9-12-25(13-10-23)32-22(4)29(21(3)30-32)24-11-14-26(17-24)31(18-27-7-5-15-33-27)19-28-8-6-16-34-28/h5-16,20,24,26H,17-19H2,1-4H3/t24-,26-/m1/s1. The molecule has 0 bridgehead atoms. The Labute approximate surface area is 201 Å². The van der Waals surface area contributed by atoms with Crippen LogP contribution in [0.1, 0.15) is 66.1 Å². The first-order valence-electron chi connectivity index (χ1n) is 12.1. The van der Waals surface area contributed by atoms with Gasteiger partial charge in [-0.1, -0.05) is 38.1 Å². The van der Waals surface area contributed by atoms with Gasteiger partial charge in [-0.2, -0.15) is 5.10 Å². The molecular weight excluding hydrogens is 422 g/mol. The first kappa shape index (κ1) is 22.5. The minimum atomic E-state index is 0.299. The highest BCUT2D eigenvalue weighted by molar-refractivity contribution is 5.42. The zero-order valence-corrected chi connectivity index (χ0v) is 20.4. The van der Waals surface area contributed by atoms with Crippen molar-refractivity contribution < 1.29 is 8.83 Å². The molecule has 0 aliphatic heterocycles.